The van der Waals surface area contributed by atoms with Gasteiger partial charge in [0.15, 0.2) is 0 Å². The van der Waals surface area contributed by atoms with Crippen molar-refractivity contribution < 1.29 is 0 Å². The summed E-state index contributed by atoms with van der Waals surface area (Å²) in [5.41, 5.74) is 3.11. The van der Waals surface area contributed by atoms with Crippen LogP contribution in [0.3, 0.4) is 0 Å². The lowest BCUT2D eigenvalue weighted by molar-refractivity contribution is 0.744. The second-order valence-electron chi connectivity index (χ2n) is 6.95. The Labute approximate surface area is 160 Å². The molecule has 3 aromatic rings. The lowest BCUT2D eigenvalue weighted by Gasteiger charge is -2.15. The summed E-state index contributed by atoms with van der Waals surface area (Å²) in [6, 6.07) is 18.8. The first-order valence-corrected chi connectivity index (χ1v) is 9.72. The molecule has 2 heterocycles. The van der Waals surface area contributed by atoms with Crippen molar-refractivity contribution in [3.8, 4) is 11.3 Å². The molecule has 138 valence electrons. The van der Waals surface area contributed by atoms with Gasteiger partial charge in [-0.3, -0.25) is 4.98 Å². The fraction of sp³-hybridized carbons (Fsp3) is 0.318. The van der Waals surface area contributed by atoms with Crippen LogP contribution in [0.25, 0.3) is 11.3 Å². The maximum Gasteiger partial charge on any atom is 0.225 e. The summed E-state index contributed by atoms with van der Waals surface area (Å²) in [5.74, 6) is 1.56. The van der Waals surface area contributed by atoms with Crippen LogP contribution in [-0.4, -0.2) is 27.5 Å². The van der Waals surface area contributed by atoms with E-state index in [0.717, 1.165) is 35.7 Å². The van der Waals surface area contributed by atoms with E-state index in [9.17, 15) is 0 Å². The number of nitrogens with zero attached hydrogens (tertiary/aromatic N) is 3. The molecule has 1 aliphatic carbocycles. The maximum absolute atomic E-state index is 4.76. The summed E-state index contributed by atoms with van der Waals surface area (Å²) in [6.07, 6.45) is 7.65. The Bertz CT molecular complexity index is 845. The van der Waals surface area contributed by atoms with E-state index in [-0.39, 0.29) is 0 Å². The van der Waals surface area contributed by atoms with E-state index in [2.05, 4.69) is 27.8 Å². The van der Waals surface area contributed by atoms with Crippen LogP contribution >= 0.6 is 0 Å². The summed E-state index contributed by atoms with van der Waals surface area (Å²) in [6.45, 7) is 0.783. The molecule has 1 aromatic carbocycles. The number of rotatable bonds is 7. The maximum atomic E-state index is 4.76. The monoisotopic (exact) mass is 359 g/mol. The molecule has 0 radical (unpaired) electrons. The van der Waals surface area contributed by atoms with E-state index in [1.807, 2.05) is 48.7 Å². The number of benzene rings is 1. The molecule has 1 saturated carbocycles. The average molecular weight is 359 g/mol. The average Bonchev–Trinajstić information content (AvgIpc) is 3.22. The van der Waals surface area contributed by atoms with E-state index < -0.39 is 0 Å². The first kappa shape index (κ1) is 17.5. The molecule has 4 rings (SSSR count). The fourth-order valence-electron chi connectivity index (χ4n) is 3.48. The summed E-state index contributed by atoms with van der Waals surface area (Å²) in [5, 5.41) is 6.96. The molecule has 0 saturated heterocycles. The molecule has 1 fully saturated rings. The Morgan fingerprint density at radius 1 is 0.926 bits per heavy atom. The van der Waals surface area contributed by atoms with Gasteiger partial charge >= 0.3 is 0 Å². The van der Waals surface area contributed by atoms with Crippen molar-refractivity contribution in [1.82, 2.24) is 15.0 Å². The largest absolute Gasteiger partial charge is 0.369 e. The molecule has 0 bridgehead atoms. The topological polar surface area (TPSA) is 62.7 Å². The molecular formula is C22H25N5. The van der Waals surface area contributed by atoms with Crippen LogP contribution in [0.1, 0.15) is 31.4 Å². The highest BCUT2D eigenvalue weighted by Gasteiger charge is 2.16. The third kappa shape index (κ3) is 4.82. The minimum absolute atomic E-state index is 0.484. The molecule has 5 heteroatoms. The summed E-state index contributed by atoms with van der Waals surface area (Å²) in [7, 11) is 0. The molecule has 0 spiro atoms. The van der Waals surface area contributed by atoms with Gasteiger partial charge < -0.3 is 10.6 Å². The second-order valence-corrected chi connectivity index (χ2v) is 6.95. The van der Waals surface area contributed by atoms with Crippen molar-refractivity contribution in [2.75, 3.05) is 17.2 Å². The van der Waals surface area contributed by atoms with Crippen LogP contribution < -0.4 is 10.6 Å². The lowest BCUT2D eigenvalue weighted by atomic mass is 10.1. The zero-order chi connectivity index (χ0) is 18.3. The minimum atomic E-state index is 0.484. The van der Waals surface area contributed by atoms with Gasteiger partial charge in [-0.15, -0.1) is 0 Å². The molecule has 0 unspecified atom stereocenters. The van der Waals surface area contributed by atoms with Crippen LogP contribution in [0.15, 0.2) is 60.8 Å². The van der Waals surface area contributed by atoms with Crippen molar-refractivity contribution >= 4 is 11.8 Å². The third-order valence-corrected chi connectivity index (χ3v) is 4.90. The zero-order valence-electron chi connectivity index (χ0n) is 15.4. The minimum Gasteiger partial charge on any atom is -0.369 e. The van der Waals surface area contributed by atoms with Crippen molar-refractivity contribution in [2.24, 2.45) is 0 Å². The predicted octanol–water partition coefficient (Wildman–Crippen LogP) is 4.55. The first-order valence-electron chi connectivity index (χ1n) is 9.72. The first-order chi connectivity index (χ1) is 13.4. The summed E-state index contributed by atoms with van der Waals surface area (Å²) < 4.78 is 0. The van der Waals surface area contributed by atoms with Gasteiger partial charge in [-0.25, -0.2) is 4.98 Å². The van der Waals surface area contributed by atoms with Gasteiger partial charge in [-0.05, 0) is 25.0 Å². The number of hydrogen-bond donors (Lipinski definition) is 2. The van der Waals surface area contributed by atoms with Gasteiger partial charge in [0.25, 0.3) is 0 Å². The van der Waals surface area contributed by atoms with E-state index in [1.54, 1.807) is 0 Å². The molecule has 0 aliphatic heterocycles. The SMILES string of the molecule is c1ccc(-c2cc(NCCc3ccccn3)nc(NC3CCCC3)n2)cc1. The van der Waals surface area contributed by atoms with Crippen molar-refractivity contribution in [1.29, 1.82) is 0 Å². The van der Waals surface area contributed by atoms with Crippen LogP contribution in [-0.2, 0) is 6.42 Å². The van der Waals surface area contributed by atoms with E-state index in [0.29, 0.717) is 12.0 Å². The highest BCUT2D eigenvalue weighted by atomic mass is 15.2. The second kappa shape index (κ2) is 8.62. The number of pyridine rings is 1. The van der Waals surface area contributed by atoms with Crippen LogP contribution in [0.5, 0.6) is 0 Å². The zero-order valence-corrected chi connectivity index (χ0v) is 15.4. The van der Waals surface area contributed by atoms with Crippen LogP contribution in [0, 0.1) is 0 Å². The Hall–Kier alpha value is -2.95. The third-order valence-electron chi connectivity index (χ3n) is 4.90. The van der Waals surface area contributed by atoms with Crippen LogP contribution in [0.2, 0.25) is 0 Å². The normalized spacial score (nSPS) is 14.2. The number of anilines is 2. The molecular weight excluding hydrogens is 334 g/mol. The van der Waals surface area contributed by atoms with Gasteiger partial charge in [0.2, 0.25) is 5.95 Å². The number of aromatic nitrogens is 3. The molecule has 0 amide bonds. The quantitative estimate of drug-likeness (QED) is 0.648. The molecule has 27 heavy (non-hydrogen) atoms. The molecule has 2 N–H and O–H groups in total. The van der Waals surface area contributed by atoms with E-state index >= 15 is 0 Å². The Kier molecular flexibility index (Phi) is 5.58. The molecule has 2 aromatic heterocycles. The Morgan fingerprint density at radius 3 is 2.52 bits per heavy atom. The van der Waals surface area contributed by atoms with Crippen molar-refractivity contribution in [2.45, 2.75) is 38.1 Å². The number of hydrogen-bond acceptors (Lipinski definition) is 5. The lowest BCUT2D eigenvalue weighted by Crippen LogP contribution is -2.18. The Balaban J connectivity index is 1.51. The molecule has 5 nitrogen and oxygen atoms in total. The van der Waals surface area contributed by atoms with E-state index in [1.165, 1.54) is 25.7 Å². The van der Waals surface area contributed by atoms with Crippen molar-refractivity contribution in [3.05, 3.63) is 66.5 Å². The van der Waals surface area contributed by atoms with Gasteiger partial charge in [-0.2, -0.15) is 4.98 Å². The highest BCUT2D eigenvalue weighted by Crippen LogP contribution is 2.24. The molecule has 0 atom stereocenters. The summed E-state index contributed by atoms with van der Waals surface area (Å²) in [4.78, 5) is 13.8. The van der Waals surface area contributed by atoms with Gasteiger partial charge in [0.1, 0.15) is 5.82 Å². The smallest absolute Gasteiger partial charge is 0.225 e. The summed E-state index contributed by atoms with van der Waals surface area (Å²) >= 11 is 0. The highest BCUT2D eigenvalue weighted by molar-refractivity contribution is 5.64. The van der Waals surface area contributed by atoms with E-state index in [4.69, 9.17) is 9.97 Å². The molecule has 1 aliphatic rings. The number of nitrogens with one attached hydrogen (secondary N) is 2. The standard InChI is InChI=1S/C22H25N5/c1-2-8-17(9-3-1)20-16-21(24-15-13-18-10-6-7-14-23-18)27-22(26-20)25-19-11-4-5-12-19/h1-3,6-10,14,16,19H,4-5,11-13,15H2,(H2,24,25,26,27). The Morgan fingerprint density at radius 2 is 1.74 bits per heavy atom. The predicted molar refractivity (Wildman–Crippen MR) is 110 cm³/mol. The van der Waals surface area contributed by atoms with Gasteiger partial charge in [-0.1, -0.05) is 49.2 Å². The van der Waals surface area contributed by atoms with Gasteiger partial charge in [0, 0.05) is 42.5 Å². The van der Waals surface area contributed by atoms with Crippen LogP contribution in [0.4, 0.5) is 11.8 Å². The van der Waals surface area contributed by atoms with Crippen molar-refractivity contribution in [3.63, 3.8) is 0 Å². The van der Waals surface area contributed by atoms with Gasteiger partial charge in [0.05, 0.1) is 5.69 Å². The fourth-order valence-corrected chi connectivity index (χ4v) is 3.48.